The lowest BCUT2D eigenvalue weighted by atomic mass is 10.1. The quantitative estimate of drug-likeness (QED) is 0.610. The summed E-state index contributed by atoms with van der Waals surface area (Å²) in [6.45, 7) is 3.33. The number of nitrogens with zero attached hydrogens (tertiary/aromatic N) is 1. The third-order valence-corrected chi connectivity index (χ3v) is 2.17. The molecular formula is C10H10ClF2NO2. The smallest absolute Gasteiger partial charge is 0.341 e. The van der Waals surface area contributed by atoms with Crippen molar-refractivity contribution in [1.29, 1.82) is 0 Å². The summed E-state index contributed by atoms with van der Waals surface area (Å²) in [7, 11) is 0. The summed E-state index contributed by atoms with van der Waals surface area (Å²) in [5.74, 6) is -0.654. The predicted octanol–water partition coefficient (Wildman–Crippen LogP) is 3.16. The fourth-order valence-corrected chi connectivity index (χ4v) is 1.54. The summed E-state index contributed by atoms with van der Waals surface area (Å²) in [4.78, 5) is 14.9. The molecule has 0 aliphatic heterocycles. The molecule has 0 unspecified atom stereocenters. The van der Waals surface area contributed by atoms with Crippen molar-refractivity contribution in [3.05, 3.63) is 28.0 Å². The molecule has 0 amide bonds. The van der Waals surface area contributed by atoms with Gasteiger partial charge in [-0.2, -0.15) is 0 Å². The lowest BCUT2D eigenvalue weighted by molar-refractivity contribution is 0.0524. The van der Waals surface area contributed by atoms with Gasteiger partial charge in [-0.3, -0.25) is 0 Å². The van der Waals surface area contributed by atoms with Gasteiger partial charge in [0.25, 0.3) is 6.43 Å². The van der Waals surface area contributed by atoms with Gasteiger partial charge in [0.1, 0.15) is 10.8 Å². The highest BCUT2D eigenvalue weighted by molar-refractivity contribution is 6.32. The number of pyridine rings is 1. The lowest BCUT2D eigenvalue weighted by Crippen LogP contribution is -2.09. The number of hydrogen-bond donors (Lipinski definition) is 0. The summed E-state index contributed by atoms with van der Waals surface area (Å²) >= 11 is 5.66. The summed E-state index contributed by atoms with van der Waals surface area (Å²) in [5, 5.41) is -0.256. The van der Waals surface area contributed by atoms with Crippen molar-refractivity contribution in [3.8, 4) is 0 Å². The summed E-state index contributed by atoms with van der Waals surface area (Å²) in [5.41, 5.74) is -0.0859. The summed E-state index contributed by atoms with van der Waals surface area (Å²) < 4.78 is 29.5. The maximum atomic E-state index is 12.4. The predicted molar refractivity (Wildman–Crippen MR) is 54.9 cm³/mol. The molecule has 1 heterocycles. The Morgan fingerprint density at radius 2 is 2.25 bits per heavy atom. The average Bonchev–Trinajstić information content (AvgIpc) is 2.16. The number of hydrogen-bond acceptors (Lipinski definition) is 3. The molecule has 6 heteroatoms. The molecule has 0 bridgehead atoms. The Morgan fingerprint density at radius 3 is 2.69 bits per heavy atom. The number of aryl methyl sites for hydroxylation is 1. The van der Waals surface area contributed by atoms with Crippen molar-refractivity contribution in [2.75, 3.05) is 6.61 Å². The van der Waals surface area contributed by atoms with Crippen LogP contribution in [0.2, 0.25) is 5.15 Å². The molecule has 0 saturated carbocycles. The number of alkyl halides is 2. The largest absolute Gasteiger partial charge is 0.462 e. The zero-order valence-corrected chi connectivity index (χ0v) is 9.52. The summed E-state index contributed by atoms with van der Waals surface area (Å²) in [6, 6.07) is 1.13. The van der Waals surface area contributed by atoms with Crippen LogP contribution in [0.15, 0.2) is 6.07 Å². The molecule has 0 spiro atoms. The second kappa shape index (κ2) is 5.21. The van der Waals surface area contributed by atoms with Crippen LogP contribution in [0.5, 0.6) is 0 Å². The minimum absolute atomic E-state index is 0.0351. The molecule has 0 aliphatic rings. The molecule has 3 nitrogen and oxygen atoms in total. The molecule has 0 atom stereocenters. The zero-order chi connectivity index (χ0) is 12.3. The fraction of sp³-hybridized carbons (Fsp3) is 0.400. The van der Waals surface area contributed by atoms with Gasteiger partial charge in [0.2, 0.25) is 0 Å². The third kappa shape index (κ3) is 2.66. The number of ether oxygens (including phenoxy) is 1. The molecule has 0 aliphatic carbocycles. The van der Waals surface area contributed by atoms with Gasteiger partial charge in [0.15, 0.2) is 0 Å². The highest BCUT2D eigenvalue weighted by Crippen LogP contribution is 2.25. The molecule has 88 valence electrons. The second-order valence-electron chi connectivity index (χ2n) is 3.05. The lowest BCUT2D eigenvalue weighted by Gasteiger charge is -2.08. The van der Waals surface area contributed by atoms with Gasteiger partial charge >= 0.3 is 5.97 Å². The number of rotatable bonds is 3. The van der Waals surface area contributed by atoms with Crippen molar-refractivity contribution in [2.24, 2.45) is 0 Å². The average molecular weight is 250 g/mol. The molecule has 1 rings (SSSR count). The molecule has 0 fully saturated rings. The molecule has 16 heavy (non-hydrogen) atoms. The Hall–Kier alpha value is -1.23. The maximum Gasteiger partial charge on any atom is 0.341 e. The van der Waals surface area contributed by atoms with Gasteiger partial charge in [-0.1, -0.05) is 11.6 Å². The van der Waals surface area contributed by atoms with Crippen LogP contribution >= 0.6 is 11.6 Å². The highest BCUT2D eigenvalue weighted by Gasteiger charge is 2.20. The maximum absolute atomic E-state index is 12.4. The third-order valence-electron chi connectivity index (χ3n) is 1.90. The SMILES string of the molecule is CCOC(=O)c1c(C)cc(C(F)F)nc1Cl. The van der Waals surface area contributed by atoms with Crippen LogP contribution in [0.4, 0.5) is 8.78 Å². The number of esters is 1. The first kappa shape index (κ1) is 12.8. The number of carbonyl (C=O) groups excluding carboxylic acids is 1. The van der Waals surface area contributed by atoms with Gasteiger partial charge in [-0.25, -0.2) is 18.6 Å². The van der Waals surface area contributed by atoms with Crippen molar-refractivity contribution in [2.45, 2.75) is 20.3 Å². The molecule has 0 radical (unpaired) electrons. The normalized spacial score (nSPS) is 10.6. The van der Waals surface area contributed by atoms with Crippen LogP contribution in [-0.2, 0) is 4.74 Å². The zero-order valence-electron chi connectivity index (χ0n) is 8.76. The van der Waals surface area contributed by atoms with Gasteiger partial charge < -0.3 is 4.74 Å². The minimum atomic E-state index is -2.72. The molecular weight excluding hydrogens is 240 g/mol. The van der Waals surface area contributed by atoms with Crippen LogP contribution in [0, 0.1) is 6.92 Å². The first-order chi connectivity index (χ1) is 7.47. The second-order valence-corrected chi connectivity index (χ2v) is 3.41. The van der Waals surface area contributed by atoms with Crippen LogP contribution in [0.3, 0.4) is 0 Å². The molecule has 1 aromatic rings. The van der Waals surface area contributed by atoms with E-state index in [1.165, 1.54) is 6.92 Å². The van der Waals surface area contributed by atoms with Crippen molar-refractivity contribution >= 4 is 17.6 Å². The first-order valence-corrected chi connectivity index (χ1v) is 4.97. The first-order valence-electron chi connectivity index (χ1n) is 4.59. The number of carbonyl (C=O) groups is 1. The van der Waals surface area contributed by atoms with E-state index >= 15 is 0 Å². The monoisotopic (exact) mass is 249 g/mol. The molecule has 1 aromatic heterocycles. The van der Waals surface area contributed by atoms with E-state index in [1.807, 2.05) is 0 Å². The summed E-state index contributed by atoms with van der Waals surface area (Å²) in [6.07, 6.45) is -2.72. The Bertz CT molecular complexity index is 387. The van der Waals surface area contributed by atoms with Gasteiger partial charge in [-0.05, 0) is 25.5 Å². The Morgan fingerprint density at radius 1 is 1.62 bits per heavy atom. The van der Waals surface area contributed by atoms with Crippen LogP contribution in [-0.4, -0.2) is 17.6 Å². The Balaban J connectivity index is 3.17. The topological polar surface area (TPSA) is 39.2 Å². The Kier molecular flexibility index (Phi) is 4.18. The number of halogens is 3. The van der Waals surface area contributed by atoms with Crippen molar-refractivity contribution in [1.82, 2.24) is 4.98 Å². The molecule has 0 N–H and O–H groups in total. The van der Waals surface area contributed by atoms with E-state index in [1.54, 1.807) is 6.92 Å². The van der Waals surface area contributed by atoms with E-state index in [2.05, 4.69) is 4.98 Å². The van der Waals surface area contributed by atoms with E-state index in [0.29, 0.717) is 5.56 Å². The van der Waals surface area contributed by atoms with Gasteiger partial charge in [-0.15, -0.1) is 0 Å². The van der Waals surface area contributed by atoms with Gasteiger partial charge in [0.05, 0.1) is 12.2 Å². The van der Waals surface area contributed by atoms with E-state index in [4.69, 9.17) is 16.3 Å². The highest BCUT2D eigenvalue weighted by atomic mass is 35.5. The van der Waals surface area contributed by atoms with E-state index in [0.717, 1.165) is 6.07 Å². The van der Waals surface area contributed by atoms with Crippen molar-refractivity contribution in [3.63, 3.8) is 0 Å². The molecule has 0 aromatic carbocycles. The fourth-order valence-electron chi connectivity index (χ4n) is 1.22. The molecule has 0 saturated heterocycles. The van der Waals surface area contributed by atoms with Crippen LogP contribution in [0.25, 0.3) is 0 Å². The standard InChI is InChI=1S/C10H10ClF2NO2/c1-3-16-10(15)7-5(2)4-6(9(12)13)14-8(7)11/h4,9H,3H2,1-2H3. The van der Waals surface area contributed by atoms with Crippen LogP contribution < -0.4 is 0 Å². The number of aromatic nitrogens is 1. The minimum Gasteiger partial charge on any atom is -0.462 e. The Labute approximate surface area is 96.4 Å². The van der Waals surface area contributed by atoms with E-state index < -0.39 is 18.1 Å². The van der Waals surface area contributed by atoms with Crippen molar-refractivity contribution < 1.29 is 18.3 Å². The van der Waals surface area contributed by atoms with Gasteiger partial charge in [0, 0.05) is 0 Å². The van der Waals surface area contributed by atoms with E-state index in [9.17, 15) is 13.6 Å². The van der Waals surface area contributed by atoms with Crippen LogP contribution in [0.1, 0.15) is 35.0 Å². The van der Waals surface area contributed by atoms with E-state index in [-0.39, 0.29) is 17.3 Å².